The van der Waals surface area contributed by atoms with Crippen LogP contribution in [0.25, 0.3) is 0 Å². The largest absolute Gasteiger partial charge is 0.388 e. The Bertz CT molecular complexity index is 169. The van der Waals surface area contributed by atoms with E-state index in [0.717, 1.165) is 0 Å². The zero-order chi connectivity index (χ0) is 9.52. The first-order valence-corrected chi connectivity index (χ1v) is 3.51. The first-order chi connectivity index (χ1) is 5.36. The lowest BCUT2D eigenvalue weighted by molar-refractivity contribution is -0.452. The van der Waals surface area contributed by atoms with E-state index in [2.05, 4.69) is 4.74 Å². The van der Waals surface area contributed by atoms with Gasteiger partial charge in [0.15, 0.2) is 6.10 Å². The van der Waals surface area contributed by atoms with Crippen LogP contribution in [-0.4, -0.2) is 50.8 Å². The monoisotopic (exact) mass is 179 g/mol. The van der Waals surface area contributed by atoms with Crippen molar-refractivity contribution in [2.75, 3.05) is 0 Å². The van der Waals surface area contributed by atoms with Crippen molar-refractivity contribution < 1.29 is 30.3 Å². The number of aliphatic hydroxyl groups is 4. The Balaban J connectivity index is 2.78. The standard InChI is InChI=1S/C6H11O6/c1-2-3(7)4(8)5(9)6(10,11)12-2/h2-5,7-10H,1H3/t2-,3-,4+,5-,6?/m1/s1. The summed E-state index contributed by atoms with van der Waals surface area (Å²) in [6.45, 7) is 1.31. The van der Waals surface area contributed by atoms with Crippen LogP contribution in [0.5, 0.6) is 0 Å². The molecule has 0 saturated carbocycles. The average molecular weight is 179 g/mol. The fourth-order valence-corrected chi connectivity index (χ4v) is 1.09. The second-order valence-electron chi connectivity index (χ2n) is 2.88. The Morgan fingerprint density at radius 3 is 2.25 bits per heavy atom. The Morgan fingerprint density at radius 1 is 1.25 bits per heavy atom. The molecule has 1 saturated heterocycles. The Labute approximate surface area is 68.6 Å². The fourth-order valence-electron chi connectivity index (χ4n) is 1.09. The van der Waals surface area contributed by atoms with Gasteiger partial charge in [0, 0.05) is 0 Å². The van der Waals surface area contributed by atoms with Crippen molar-refractivity contribution >= 4 is 0 Å². The van der Waals surface area contributed by atoms with Gasteiger partial charge in [0.05, 0.1) is 6.10 Å². The van der Waals surface area contributed by atoms with Crippen LogP contribution >= 0.6 is 0 Å². The van der Waals surface area contributed by atoms with Gasteiger partial charge in [-0.2, -0.15) is 5.11 Å². The lowest BCUT2D eigenvalue weighted by Gasteiger charge is -2.39. The summed E-state index contributed by atoms with van der Waals surface area (Å²) in [6.07, 6.45) is -6.10. The van der Waals surface area contributed by atoms with Crippen LogP contribution in [0.3, 0.4) is 0 Å². The molecule has 0 aromatic carbocycles. The normalized spacial score (nSPS) is 47.5. The van der Waals surface area contributed by atoms with Crippen molar-refractivity contribution in [2.24, 2.45) is 0 Å². The van der Waals surface area contributed by atoms with Gasteiger partial charge >= 0.3 is 5.97 Å². The Kier molecular flexibility index (Phi) is 2.39. The summed E-state index contributed by atoms with van der Waals surface area (Å²) >= 11 is 0. The van der Waals surface area contributed by atoms with Crippen molar-refractivity contribution in [1.82, 2.24) is 0 Å². The molecule has 1 aliphatic rings. The highest BCUT2D eigenvalue weighted by atomic mass is 16.8. The van der Waals surface area contributed by atoms with Crippen LogP contribution < -0.4 is 0 Å². The molecule has 1 heterocycles. The van der Waals surface area contributed by atoms with Gasteiger partial charge < -0.3 is 25.2 Å². The molecule has 1 aliphatic heterocycles. The first-order valence-electron chi connectivity index (χ1n) is 3.51. The molecule has 71 valence electrons. The first kappa shape index (κ1) is 9.85. The molecule has 6 nitrogen and oxygen atoms in total. The van der Waals surface area contributed by atoms with Crippen molar-refractivity contribution in [1.29, 1.82) is 0 Å². The van der Waals surface area contributed by atoms with Crippen molar-refractivity contribution in [3.05, 3.63) is 0 Å². The molecule has 0 aromatic heterocycles. The molecule has 0 aromatic rings. The zero-order valence-electron chi connectivity index (χ0n) is 6.41. The molecular formula is C6H11O6. The third-order valence-electron chi connectivity index (χ3n) is 1.88. The maximum atomic E-state index is 10.8. The van der Waals surface area contributed by atoms with Gasteiger partial charge in [-0.15, -0.1) is 0 Å². The topological polar surface area (TPSA) is 110 Å². The minimum absolute atomic E-state index is 1.01. The molecule has 1 unspecified atom stereocenters. The summed E-state index contributed by atoms with van der Waals surface area (Å²) in [5.41, 5.74) is 0. The maximum absolute atomic E-state index is 10.8. The zero-order valence-corrected chi connectivity index (χ0v) is 6.41. The van der Waals surface area contributed by atoms with Crippen LogP contribution in [0.4, 0.5) is 0 Å². The second kappa shape index (κ2) is 2.91. The quantitative estimate of drug-likeness (QED) is 0.309. The molecule has 12 heavy (non-hydrogen) atoms. The van der Waals surface area contributed by atoms with Crippen LogP contribution in [0, 0.1) is 0 Å². The Morgan fingerprint density at radius 2 is 1.75 bits per heavy atom. The molecule has 0 aliphatic carbocycles. The third-order valence-corrected chi connectivity index (χ3v) is 1.88. The van der Waals surface area contributed by atoms with Gasteiger partial charge in [-0.3, -0.25) is 0 Å². The molecule has 1 rings (SSSR count). The summed E-state index contributed by atoms with van der Waals surface area (Å²) < 4.78 is 4.31. The van der Waals surface area contributed by atoms with Gasteiger partial charge in [-0.1, -0.05) is 0 Å². The SMILES string of the molecule is C[C@H]1OC([O])(O)[C@H](O)[C@@H](O)[C@@H]1O. The highest BCUT2D eigenvalue weighted by Crippen LogP contribution is 2.25. The Hall–Kier alpha value is -0.240. The lowest BCUT2D eigenvalue weighted by atomic mass is 9.99. The van der Waals surface area contributed by atoms with Gasteiger partial charge in [-0.05, 0) is 6.92 Å². The highest BCUT2D eigenvalue weighted by molar-refractivity contribution is 4.89. The highest BCUT2D eigenvalue weighted by Gasteiger charge is 2.52. The van der Waals surface area contributed by atoms with Crippen LogP contribution in [0.1, 0.15) is 6.92 Å². The number of hydrogen-bond donors (Lipinski definition) is 4. The fraction of sp³-hybridized carbons (Fsp3) is 1.00. The molecule has 1 fully saturated rings. The van der Waals surface area contributed by atoms with E-state index in [4.69, 9.17) is 20.4 Å². The van der Waals surface area contributed by atoms with Crippen LogP contribution in [0.2, 0.25) is 0 Å². The lowest BCUT2D eigenvalue weighted by Crippen LogP contribution is -2.63. The van der Waals surface area contributed by atoms with Gasteiger partial charge in [0.2, 0.25) is 0 Å². The minimum atomic E-state index is -3.04. The smallest absolute Gasteiger partial charge is 0.339 e. The van der Waals surface area contributed by atoms with Crippen molar-refractivity contribution in [3.63, 3.8) is 0 Å². The minimum Gasteiger partial charge on any atom is -0.388 e. The maximum Gasteiger partial charge on any atom is 0.339 e. The van der Waals surface area contributed by atoms with Gasteiger partial charge in [0.1, 0.15) is 12.2 Å². The molecule has 0 spiro atoms. The van der Waals surface area contributed by atoms with Gasteiger partial charge in [0.25, 0.3) is 0 Å². The molecular weight excluding hydrogens is 168 g/mol. The molecule has 4 N–H and O–H groups in total. The summed E-state index contributed by atoms with van der Waals surface area (Å²) in [5, 5.41) is 46.6. The summed E-state index contributed by atoms with van der Waals surface area (Å²) in [7, 11) is 0. The van der Waals surface area contributed by atoms with E-state index in [1.807, 2.05) is 0 Å². The second-order valence-corrected chi connectivity index (χ2v) is 2.88. The molecule has 5 atom stereocenters. The molecule has 1 radical (unpaired) electrons. The van der Waals surface area contributed by atoms with Crippen LogP contribution in [-0.2, 0) is 9.84 Å². The van der Waals surface area contributed by atoms with E-state index in [0.29, 0.717) is 0 Å². The average Bonchev–Trinajstić information content (AvgIpc) is 1.97. The summed E-state index contributed by atoms with van der Waals surface area (Å²) in [4.78, 5) is 0. The van der Waals surface area contributed by atoms with E-state index in [1.165, 1.54) is 6.92 Å². The van der Waals surface area contributed by atoms with E-state index in [1.54, 1.807) is 0 Å². The van der Waals surface area contributed by atoms with Crippen molar-refractivity contribution in [2.45, 2.75) is 37.3 Å². The number of ether oxygens (including phenoxy) is 1. The molecule has 0 amide bonds. The van der Waals surface area contributed by atoms with Crippen molar-refractivity contribution in [3.8, 4) is 0 Å². The predicted molar refractivity (Wildman–Crippen MR) is 34.2 cm³/mol. The predicted octanol–water partition coefficient (Wildman–Crippen LogP) is -2.44. The third kappa shape index (κ3) is 1.45. The summed E-state index contributed by atoms with van der Waals surface area (Å²) in [5.74, 6) is -3.04. The number of rotatable bonds is 0. The van der Waals surface area contributed by atoms with E-state index in [-0.39, 0.29) is 0 Å². The number of aliphatic hydroxyl groups excluding tert-OH is 3. The number of hydrogen-bond acceptors (Lipinski definition) is 5. The van der Waals surface area contributed by atoms with Crippen LogP contribution in [0.15, 0.2) is 0 Å². The summed E-state index contributed by atoms with van der Waals surface area (Å²) in [6, 6.07) is 0. The molecule has 6 heteroatoms. The van der Waals surface area contributed by atoms with E-state index >= 15 is 0 Å². The van der Waals surface area contributed by atoms with Gasteiger partial charge in [-0.25, -0.2) is 0 Å². The van der Waals surface area contributed by atoms with E-state index < -0.39 is 30.4 Å². The molecule has 0 bridgehead atoms. The van der Waals surface area contributed by atoms with E-state index in [9.17, 15) is 5.11 Å².